The lowest BCUT2D eigenvalue weighted by molar-refractivity contribution is -0.127. The molecule has 1 aliphatic rings. The molecule has 0 aromatic carbocycles. The van der Waals surface area contributed by atoms with Gasteiger partial charge in [-0.1, -0.05) is 6.92 Å². The first kappa shape index (κ1) is 10.5. The molecule has 0 radical (unpaired) electrons. The number of nitrogens with two attached hydrogens (primary N) is 1. The summed E-state index contributed by atoms with van der Waals surface area (Å²) in [6.45, 7) is 2.35. The minimum absolute atomic E-state index is 0.00287. The monoisotopic (exact) mass is 186 g/mol. The van der Waals surface area contributed by atoms with Crippen molar-refractivity contribution in [2.24, 2.45) is 11.1 Å². The molecule has 1 rings (SSSR count). The van der Waals surface area contributed by atoms with E-state index in [4.69, 9.17) is 10.8 Å². The van der Waals surface area contributed by atoms with Crippen molar-refractivity contribution in [3.8, 4) is 0 Å². The van der Waals surface area contributed by atoms with E-state index in [0.717, 1.165) is 19.3 Å². The number of carbonyl (C=O) groups is 1. The van der Waals surface area contributed by atoms with Crippen LogP contribution in [0.4, 0.5) is 0 Å². The Hall–Kier alpha value is -0.610. The summed E-state index contributed by atoms with van der Waals surface area (Å²) in [5, 5.41) is 11.7. The molecular weight excluding hydrogens is 168 g/mol. The summed E-state index contributed by atoms with van der Waals surface area (Å²) >= 11 is 0. The highest BCUT2D eigenvalue weighted by Crippen LogP contribution is 2.44. The summed E-state index contributed by atoms with van der Waals surface area (Å²) in [5.74, 6) is 0.0101. The molecule has 1 atom stereocenters. The first-order valence-corrected chi connectivity index (χ1v) is 4.80. The Morgan fingerprint density at radius 1 is 1.69 bits per heavy atom. The average molecular weight is 186 g/mol. The summed E-state index contributed by atoms with van der Waals surface area (Å²) in [4.78, 5) is 11.6. The molecular formula is C9H18N2O2. The van der Waals surface area contributed by atoms with Crippen LogP contribution in [0.5, 0.6) is 0 Å². The molecule has 0 saturated heterocycles. The van der Waals surface area contributed by atoms with E-state index in [1.165, 1.54) is 0 Å². The van der Waals surface area contributed by atoms with Gasteiger partial charge in [0.15, 0.2) is 0 Å². The Balaban J connectivity index is 2.40. The molecule has 1 aliphatic carbocycles. The molecule has 4 nitrogen and oxygen atoms in total. The summed E-state index contributed by atoms with van der Waals surface area (Å²) in [6, 6.07) is -0.114. The number of aliphatic hydroxyl groups excluding tert-OH is 1. The van der Waals surface area contributed by atoms with Crippen molar-refractivity contribution in [1.29, 1.82) is 0 Å². The van der Waals surface area contributed by atoms with Crippen LogP contribution in [0, 0.1) is 5.41 Å². The maximum atomic E-state index is 11.6. The van der Waals surface area contributed by atoms with Crippen LogP contribution in [0.25, 0.3) is 0 Å². The normalized spacial score (nSPS) is 20.8. The van der Waals surface area contributed by atoms with Crippen molar-refractivity contribution in [2.75, 3.05) is 13.2 Å². The predicted molar refractivity (Wildman–Crippen MR) is 50.0 cm³/mol. The van der Waals surface area contributed by atoms with E-state index in [0.29, 0.717) is 6.54 Å². The smallest absolute Gasteiger partial charge is 0.227 e. The van der Waals surface area contributed by atoms with E-state index in [-0.39, 0.29) is 24.0 Å². The second-order valence-corrected chi connectivity index (χ2v) is 3.75. The molecule has 0 spiro atoms. The van der Waals surface area contributed by atoms with Crippen molar-refractivity contribution >= 4 is 5.91 Å². The number of amides is 1. The van der Waals surface area contributed by atoms with Crippen LogP contribution in [-0.4, -0.2) is 30.2 Å². The molecule has 4 heteroatoms. The molecule has 4 N–H and O–H groups in total. The van der Waals surface area contributed by atoms with E-state index in [1.54, 1.807) is 0 Å². The highest BCUT2D eigenvalue weighted by atomic mass is 16.3. The Morgan fingerprint density at radius 2 is 2.31 bits per heavy atom. The minimum atomic E-state index is -0.303. The zero-order valence-electron chi connectivity index (χ0n) is 8.05. The summed E-state index contributed by atoms with van der Waals surface area (Å²) in [6.07, 6.45) is 2.53. The Kier molecular flexibility index (Phi) is 3.27. The predicted octanol–water partition coefficient (Wildman–Crippen LogP) is -0.388. The van der Waals surface area contributed by atoms with Crippen molar-refractivity contribution in [2.45, 2.75) is 32.2 Å². The van der Waals surface area contributed by atoms with Gasteiger partial charge in [-0.2, -0.15) is 0 Å². The molecule has 76 valence electrons. The van der Waals surface area contributed by atoms with E-state index < -0.39 is 0 Å². The zero-order valence-corrected chi connectivity index (χ0v) is 8.05. The van der Waals surface area contributed by atoms with E-state index >= 15 is 0 Å². The highest BCUT2D eigenvalue weighted by Gasteiger charge is 2.48. The Labute approximate surface area is 78.5 Å². The molecule has 0 heterocycles. The fourth-order valence-corrected chi connectivity index (χ4v) is 1.29. The van der Waals surface area contributed by atoms with Gasteiger partial charge in [-0.05, 0) is 19.3 Å². The molecule has 1 amide bonds. The second-order valence-electron chi connectivity index (χ2n) is 3.75. The molecule has 1 fully saturated rings. The highest BCUT2D eigenvalue weighted by molar-refractivity contribution is 5.85. The molecule has 0 aliphatic heterocycles. The van der Waals surface area contributed by atoms with Crippen molar-refractivity contribution in [1.82, 2.24) is 5.32 Å². The molecule has 0 aromatic heterocycles. The van der Waals surface area contributed by atoms with Crippen LogP contribution >= 0.6 is 0 Å². The lowest BCUT2D eigenvalue weighted by Crippen LogP contribution is -2.43. The fourth-order valence-electron chi connectivity index (χ4n) is 1.29. The van der Waals surface area contributed by atoms with Gasteiger partial charge in [-0.3, -0.25) is 4.79 Å². The summed E-state index contributed by atoms with van der Waals surface area (Å²) in [7, 11) is 0. The standard InChI is InChI=1S/C9H18N2O2/c1-2-7(5-12)11-8(13)9(6-10)3-4-9/h7,12H,2-6,10H2,1H3,(H,11,13). The number of hydrogen-bond acceptors (Lipinski definition) is 3. The molecule has 0 aromatic rings. The lowest BCUT2D eigenvalue weighted by atomic mass is 10.1. The Bertz CT molecular complexity index is 186. The quantitative estimate of drug-likeness (QED) is 0.547. The largest absolute Gasteiger partial charge is 0.394 e. The number of rotatable bonds is 5. The molecule has 13 heavy (non-hydrogen) atoms. The first-order chi connectivity index (χ1) is 6.18. The third-order valence-corrected chi connectivity index (χ3v) is 2.77. The van der Waals surface area contributed by atoms with E-state index in [9.17, 15) is 4.79 Å². The van der Waals surface area contributed by atoms with Gasteiger partial charge >= 0.3 is 0 Å². The van der Waals surface area contributed by atoms with Gasteiger partial charge in [0.2, 0.25) is 5.91 Å². The van der Waals surface area contributed by atoms with Gasteiger partial charge in [-0.25, -0.2) is 0 Å². The van der Waals surface area contributed by atoms with E-state index in [1.807, 2.05) is 6.92 Å². The van der Waals surface area contributed by atoms with Gasteiger partial charge in [0.25, 0.3) is 0 Å². The van der Waals surface area contributed by atoms with Crippen molar-refractivity contribution in [3.63, 3.8) is 0 Å². The van der Waals surface area contributed by atoms with Gasteiger partial charge in [0.1, 0.15) is 0 Å². The Morgan fingerprint density at radius 3 is 2.62 bits per heavy atom. The van der Waals surface area contributed by atoms with Gasteiger partial charge in [0, 0.05) is 6.54 Å². The van der Waals surface area contributed by atoms with Crippen LogP contribution in [-0.2, 0) is 4.79 Å². The molecule has 1 unspecified atom stereocenters. The summed E-state index contributed by atoms with van der Waals surface area (Å²) in [5.41, 5.74) is 5.20. The second kappa shape index (κ2) is 4.07. The van der Waals surface area contributed by atoms with E-state index in [2.05, 4.69) is 5.32 Å². The number of carbonyl (C=O) groups excluding carboxylic acids is 1. The number of nitrogens with one attached hydrogen (secondary N) is 1. The van der Waals surface area contributed by atoms with Gasteiger partial charge in [-0.15, -0.1) is 0 Å². The van der Waals surface area contributed by atoms with Crippen LogP contribution in [0.1, 0.15) is 26.2 Å². The fraction of sp³-hybridized carbons (Fsp3) is 0.889. The SMILES string of the molecule is CCC(CO)NC(=O)C1(CN)CC1. The van der Waals surface area contributed by atoms with Crippen molar-refractivity contribution < 1.29 is 9.90 Å². The lowest BCUT2D eigenvalue weighted by Gasteiger charge is -2.18. The zero-order chi connectivity index (χ0) is 9.90. The van der Waals surface area contributed by atoms with Crippen LogP contribution in [0.15, 0.2) is 0 Å². The maximum Gasteiger partial charge on any atom is 0.227 e. The third-order valence-electron chi connectivity index (χ3n) is 2.77. The number of aliphatic hydroxyl groups is 1. The first-order valence-electron chi connectivity index (χ1n) is 4.80. The maximum absolute atomic E-state index is 11.6. The van der Waals surface area contributed by atoms with Crippen LogP contribution < -0.4 is 11.1 Å². The van der Waals surface area contributed by atoms with Crippen LogP contribution in [0.2, 0.25) is 0 Å². The summed E-state index contributed by atoms with van der Waals surface area (Å²) < 4.78 is 0. The van der Waals surface area contributed by atoms with Gasteiger partial charge in [0.05, 0.1) is 18.1 Å². The minimum Gasteiger partial charge on any atom is -0.394 e. The third kappa shape index (κ3) is 2.19. The molecule has 1 saturated carbocycles. The van der Waals surface area contributed by atoms with Crippen LogP contribution in [0.3, 0.4) is 0 Å². The topological polar surface area (TPSA) is 75.3 Å². The van der Waals surface area contributed by atoms with Crippen molar-refractivity contribution in [3.05, 3.63) is 0 Å². The van der Waals surface area contributed by atoms with Gasteiger partial charge < -0.3 is 16.2 Å². The average Bonchev–Trinajstić information content (AvgIpc) is 2.94. The molecule has 0 bridgehead atoms. The number of hydrogen-bond donors (Lipinski definition) is 3.